The van der Waals surface area contributed by atoms with Crippen LogP contribution in [0.1, 0.15) is 0 Å². The van der Waals surface area contributed by atoms with Gasteiger partial charge in [0.1, 0.15) is 0 Å². The molecule has 0 aliphatic rings. The average Bonchev–Trinajstić information content (AvgIpc) is 2.57. The first-order valence-electron chi connectivity index (χ1n) is 6.89. The normalized spacial score (nSPS) is 9.00. The third-order valence-electron chi connectivity index (χ3n) is 2.77. The Hall–Kier alpha value is -1.78. The Morgan fingerprint density at radius 1 is 0.417 bits per heavy atom. The molecule has 0 bridgehead atoms. The number of benzene rings is 3. The molecule has 0 spiro atoms. The van der Waals surface area contributed by atoms with Crippen molar-refractivity contribution in [2.75, 3.05) is 0 Å². The fourth-order valence-electron chi connectivity index (χ4n) is 1.76. The van der Waals surface area contributed by atoms with Crippen molar-refractivity contribution < 1.29 is 52.0 Å². The number of halogens is 2. The Balaban J connectivity index is 0.00000144. The second-order valence-electron chi connectivity index (χ2n) is 4.44. The topological polar surface area (TPSA) is 27.7 Å². The van der Waals surface area contributed by atoms with E-state index in [0.717, 1.165) is 17.2 Å². The van der Waals surface area contributed by atoms with E-state index in [-0.39, 0.29) is 24.8 Å². The van der Waals surface area contributed by atoms with E-state index in [4.69, 9.17) is 11.0 Å². The minimum atomic E-state index is -2.49. The molecule has 0 aliphatic carbocycles. The molecule has 3 rings (SSSR count). The quantitative estimate of drug-likeness (QED) is 0.509. The van der Waals surface area contributed by atoms with Crippen molar-refractivity contribution in [3.8, 4) is 17.2 Å². The van der Waals surface area contributed by atoms with Crippen molar-refractivity contribution in [1.82, 2.24) is 0 Å². The molecule has 0 saturated carbocycles. The van der Waals surface area contributed by atoms with Crippen molar-refractivity contribution in [2.24, 2.45) is 0 Å². The van der Waals surface area contributed by atoms with Gasteiger partial charge in [-0.05, 0) is 0 Å². The van der Waals surface area contributed by atoms with Gasteiger partial charge < -0.3 is 24.8 Å². The third-order valence-corrected chi connectivity index (χ3v) is 4.46. The standard InChI is InChI=1S/3C6H6O.2ClH.V/c3*7-6-4-2-1-3-5-6;;;/h3*1-5,7H;2*1H;/q;;;;;+5/p-5. The van der Waals surface area contributed by atoms with Gasteiger partial charge in [-0.1, -0.05) is 0 Å². The van der Waals surface area contributed by atoms with Crippen LogP contribution in [0.5, 0.6) is 17.2 Å². The zero-order chi connectivity index (χ0) is 15.0. The first-order chi connectivity index (χ1) is 10.9. The van der Waals surface area contributed by atoms with Crippen LogP contribution in [0, 0.1) is 0 Å². The van der Waals surface area contributed by atoms with Crippen LogP contribution in [0.15, 0.2) is 91.0 Å². The molecule has 6 heteroatoms. The molecule has 0 amide bonds. The third kappa shape index (κ3) is 6.38. The molecule has 124 valence electrons. The summed E-state index contributed by atoms with van der Waals surface area (Å²) in [5.74, 6) is 2.23. The van der Waals surface area contributed by atoms with Crippen molar-refractivity contribution in [3.05, 3.63) is 91.0 Å². The summed E-state index contributed by atoms with van der Waals surface area (Å²) in [5.41, 5.74) is 0. The van der Waals surface area contributed by atoms with E-state index in [1.807, 2.05) is 91.0 Å². The van der Waals surface area contributed by atoms with Crippen LogP contribution < -0.4 is 35.8 Å². The SMILES string of the molecule is [Cl-].[Cl-].c1ccc([O][V+2]([O]c2ccccc2)[O]c2ccccc2)cc1. The van der Waals surface area contributed by atoms with Crippen LogP contribution in [0.4, 0.5) is 0 Å². The molecular formula is C18H15Cl2O3V. The van der Waals surface area contributed by atoms with Gasteiger partial charge in [0, 0.05) is 0 Å². The summed E-state index contributed by atoms with van der Waals surface area (Å²) in [6.07, 6.45) is 0. The van der Waals surface area contributed by atoms with E-state index in [1.165, 1.54) is 0 Å². The van der Waals surface area contributed by atoms with Gasteiger partial charge in [0.2, 0.25) is 0 Å². The van der Waals surface area contributed by atoms with E-state index in [2.05, 4.69) is 0 Å². The molecular weight excluding hydrogens is 386 g/mol. The first-order valence-corrected chi connectivity index (χ1v) is 8.60. The molecule has 0 N–H and O–H groups in total. The van der Waals surface area contributed by atoms with Gasteiger partial charge in [0.25, 0.3) is 0 Å². The van der Waals surface area contributed by atoms with E-state index in [9.17, 15) is 0 Å². The van der Waals surface area contributed by atoms with Crippen molar-refractivity contribution in [3.63, 3.8) is 0 Å². The van der Waals surface area contributed by atoms with Gasteiger partial charge >= 0.3 is 135 Å². The molecule has 3 aromatic rings. The summed E-state index contributed by atoms with van der Waals surface area (Å²) in [6, 6.07) is 28.7. The predicted molar refractivity (Wildman–Crippen MR) is 81.2 cm³/mol. The molecule has 0 heterocycles. The van der Waals surface area contributed by atoms with Gasteiger partial charge in [-0.25, -0.2) is 0 Å². The molecule has 0 radical (unpaired) electrons. The summed E-state index contributed by atoms with van der Waals surface area (Å²) in [6.45, 7) is 0. The van der Waals surface area contributed by atoms with E-state index in [0.29, 0.717) is 0 Å². The predicted octanol–water partition coefficient (Wildman–Crippen LogP) is -1.41. The molecule has 0 atom stereocenters. The Bertz CT molecular complexity index is 586. The first kappa shape index (κ1) is 20.3. The zero-order valence-electron chi connectivity index (χ0n) is 12.6. The van der Waals surface area contributed by atoms with Gasteiger partial charge in [0.05, 0.1) is 0 Å². The molecule has 0 unspecified atom stereocenters. The van der Waals surface area contributed by atoms with Crippen LogP contribution in [-0.2, 0) is 16.2 Å². The average molecular weight is 401 g/mol. The van der Waals surface area contributed by atoms with Crippen molar-refractivity contribution in [1.29, 1.82) is 0 Å². The molecule has 3 nitrogen and oxygen atoms in total. The number of hydrogen-bond acceptors (Lipinski definition) is 3. The molecule has 0 aliphatic heterocycles. The van der Waals surface area contributed by atoms with Gasteiger partial charge in [-0.2, -0.15) is 0 Å². The van der Waals surface area contributed by atoms with Crippen LogP contribution >= 0.6 is 0 Å². The Kier molecular flexibility index (Phi) is 9.20. The zero-order valence-corrected chi connectivity index (χ0v) is 15.5. The Labute approximate surface area is 160 Å². The van der Waals surface area contributed by atoms with Crippen LogP contribution in [-0.4, -0.2) is 0 Å². The second kappa shape index (κ2) is 10.9. The van der Waals surface area contributed by atoms with Gasteiger partial charge in [0.15, 0.2) is 0 Å². The van der Waals surface area contributed by atoms with E-state index in [1.54, 1.807) is 0 Å². The minimum absolute atomic E-state index is 0. The van der Waals surface area contributed by atoms with Crippen molar-refractivity contribution >= 4 is 0 Å². The summed E-state index contributed by atoms with van der Waals surface area (Å²) in [4.78, 5) is 0. The molecule has 0 aromatic heterocycles. The fraction of sp³-hybridized carbons (Fsp3) is 0. The van der Waals surface area contributed by atoms with E-state index >= 15 is 0 Å². The summed E-state index contributed by atoms with van der Waals surface area (Å²) in [5, 5.41) is 0. The maximum absolute atomic E-state index is 5.92. The molecule has 0 fully saturated rings. The second-order valence-corrected chi connectivity index (χ2v) is 5.99. The summed E-state index contributed by atoms with van der Waals surface area (Å²) >= 11 is -2.49. The molecule has 3 aromatic carbocycles. The molecule has 0 saturated heterocycles. The number of rotatable bonds is 6. The van der Waals surface area contributed by atoms with Crippen LogP contribution in [0.3, 0.4) is 0 Å². The summed E-state index contributed by atoms with van der Waals surface area (Å²) in [7, 11) is 0. The van der Waals surface area contributed by atoms with Gasteiger partial charge in [-0.15, -0.1) is 0 Å². The molecule has 24 heavy (non-hydrogen) atoms. The fourth-order valence-corrected chi connectivity index (χ4v) is 3.31. The maximum atomic E-state index is 5.92. The number of para-hydroxylation sites is 3. The van der Waals surface area contributed by atoms with Crippen LogP contribution in [0.25, 0.3) is 0 Å². The van der Waals surface area contributed by atoms with Crippen molar-refractivity contribution in [2.45, 2.75) is 0 Å². The monoisotopic (exact) mass is 400 g/mol. The Morgan fingerprint density at radius 2 is 0.667 bits per heavy atom. The van der Waals surface area contributed by atoms with Gasteiger partial charge in [-0.3, -0.25) is 0 Å². The summed E-state index contributed by atoms with van der Waals surface area (Å²) < 4.78 is 17.8. The Morgan fingerprint density at radius 3 is 0.917 bits per heavy atom. The van der Waals surface area contributed by atoms with Crippen LogP contribution in [0.2, 0.25) is 0 Å². The van der Waals surface area contributed by atoms with E-state index < -0.39 is 16.2 Å². The number of hydrogen-bond donors (Lipinski definition) is 0.